The number of carbonyl (C=O) groups is 4. The lowest BCUT2D eigenvalue weighted by atomic mass is 10.4. The Bertz CT molecular complexity index is 451. The minimum atomic E-state index is -5.08. The molecule has 0 unspecified atom stereocenters. The first-order valence-electron chi connectivity index (χ1n) is 5.75. The fourth-order valence-electron chi connectivity index (χ4n) is 1.06. The number of carboxylic acids is 2. The van der Waals surface area contributed by atoms with Crippen LogP contribution in [-0.4, -0.2) is 64.3 Å². The third-order valence-electron chi connectivity index (χ3n) is 2.00. The normalized spacial score (nSPS) is 14.1. The van der Waals surface area contributed by atoms with Crippen molar-refractivity contribution in [3.8, 4) is 0 Å². The lowest BCUT2D eigenvalue weighted by Crippen LogP contribution is -2.34. The van der Waals surface area contributed by atoms with Gasteiger partial charge in [-0.05, 0) is 6.42 Å². The molecule has 140 valence electrons. The number of rotatable bonds is 2. The van der Waals surface area contributed by atoms with Crippen molar-refractivity contribution in [1.82, 2.24) is 4.90 Å². The largest absolute Gasteiger partial charge is 0.490 e. The van der Waals surface area contributed by atoms with Crippen molar-refractivity contribution in [3.05, 3.63) is 0 Å². The number of hydrogen-bond donors (Lipinski definition) is 3. The number of alkyl halides is 6. The molecule has 1 saturated heterocycles. The maximum atomic E-state index is 10.8. The van der Waals surface area contributed by atoms with Crippen LogP contribution in [0, 0.1) is 0 Å². The molecule has 2 amide bonds. The molecule has 0 bridgehead atoms. The number of hydrogen-bond acceptors (Lipinski definition) is 4. The Morgan fingerprint density at radius 2 is 1.33 bits per heavy atom. The van der Waals surface area contributed by atoms with Crippen LogP contribution in [0.3, 0.4) is 0 Å². The topological polar surface area (TPSA) is 138 Å². The van der Waals surface area contributed by atoms with Crippen molar-refractivity contribution in [2.75, 3.05) is 13.1 Å². The molecule has 1 fully saturated rings. The molecule has 0 aromatic rings. The fraction of sp³-hybridized carbons (Fsp3) is 0.600. The third-order valence-corrected chi connectivity index (χ3v) is 2.00. The highest BCUT2D eigenvalue weighted by atomic mass is 19.4. The molecular weight excluding hydrogens is 358 g/mol. The van der Waals surface area contributed by atoms with Gasteiger partial charge in [-0.25, -0.2) is 9.59 Å². The number of halogens is 6. The number of carbonyl (C=O) groups excluding carboxylic acids is 2. The molecule has 8 nitrogen and oxygen atoms in total. The predicted octanol–water partition coefficient (Wildman–Crippen LogP) is 0.361. The zero-order valence-corrected chi connectivity index (χ0v) is 11.6. The summed E-state index contributed by atoms with van der Waals surface area (Å²) < 4.78 is 63.5. The molecule has 0 aromatic carbocycles. The molecule has 4 N–H and O–H groups in total. The number of nitrogens with zero attached hydrogens (tertiary/aromatic N) is 1. The molecule has 1 rings (SSSR count). The van der Waals surface area contributed by atoms with E-state index in [4.69, 9.17) is 25.5 Å². The molecule has 0 aromatic heterocycles. The summed E-state index contributed by atoms with van der Waals surface area (Å²) in [5.74, 6) is -5.91. The molecule has 0 saturated carbocycles. The standard InChI is InChI=1S/C6H10N2O2.2C2HF3O2/c7-5(9)4-8-3-1-2-6(8)10;2*3-2(4,5)1(6)7/h1-4H2,(H2,7,9);2*(H,6,7). The van der Waals surface area contributed by atoms with Gasteiger partial charge in [0.2, 0.25) is 11.8 Å². The molecule has 1 aliphatic rings. The van der Waals surface area contributed by atoms with Crippen LogP contribution in [-0.2, 0) is 19.2 Å². The van der Waals surface area contributed by atoms with E-state index in [0.717, 1.165) is 6.42 Å². The Hall–Kier alpha value is -2.54. The van der Waals surface area contributed by atoms with Gasteiger partial charge in [0.25, 0.3) is 0 Å². The summed E-state index contributed by atoms with van der Waals surface area (Å²) in [7, 11) is 0. The monoisotopic (exact) mass is 370 g/mol. The number of aliphatic carboxylic acids is 2. The molecule has 0 atom stereocenters. The maximum Gasteiger partial charge on any atom is 0.490 e. The second-order valence-electron chi connectivity index (χ2n) is 3.99. The Labute approximate surface area is 129 Å². The van der Waals surface area contributed by atoms with Gasteiger partial charge in [-0.2, -0.15) is 26.3 Å². The second-order valence-corrected chi connectivity index (χ2v) is 3.99. The Morgan fingerprint density at radius 3 is 1.50 bits per heavy atom. The summed E-state index contributed by atoms with van der Waals surface area (Å²) in [5, 5.41) is 14.2. The van der Waals surface area contributed by atoms with Crippen molar-refractivity contribution < 1.29 is 55.7 Å². The van der Waals surface area contributed by atoms with E-state index >= 15 is 0 Å². The predicted molar refractivity (Wildman–Crippen MR) is 62.4 cm³/mol. The van der Waals surface area contributed by atoms with Gasteiger partial charge in [0.05, 0.1) is 6.54 Å². The van der Waals surface area contributed by atoms with Crippen molar-refractivity contribution in [2.45, 2.75) is 25.2 Å². The van der Waals surface area contributed by atoms with Crippen LogP contribution in [0.5, 0.6) is 0 Å². The van der Waals surface area contributed by atoms with Crippen molar-refractivity contribution in [2.24, 2.45) is 5.73 Å². The van der Waals surface area contributed by atoms with Gasteiger partial charge in [0.1, 0.15) is 0 Å². The molecule has 24 heavy (non-hydrogen) atoms. The third kappa shape index (κ3) is 12.0. The van der Waals surface area contributed by atoms with E-state index in [1.54, 1.807) is 0 Å². The number of likely N-dealkylation sites (tertiary alicyclic amines) is 1. The minimum Gasteiger partial charge on any atom is -0.475 e. The number of carboxylic acid groups (broad SMARTS) is 2. The quantitative estimate of drug-likeness (QED) is 0.600. The first-order valence-corrected chi connectivity index (χ1v) is 5.75. The van der Waals surface area contributed by atoms with Gasteiger partial charge in [-0.15, -0.1) is 0 Å². The van der Waals surface area contributed by atoms with E-state index in [-0.39, 0.29) is 12.5 Å². The Balaban J connectivity index is 0. The van der Waals surface area contributed by atoms with E-state index < -0.39 is 30.2 Å². The summed E-state index contributed by atoms with van der Waals surface area (Å²) in [6.07, 6.45) is -8.75. The zero-order valence-electron chi connectivity index (χ0n) is 11.6. The highest BCUT2D eigenvalue weighted by Crippen LogP contribution is 2.13. The van der Waals surface area contributed by atoms with Gasteiger partial charge < -0.3 is 20.8 Å². The summed E-state index contributed by atoms with van der Waals surface area (Å²) in [5.41, 5.74) is 4.90. The van der Waals surface area contributed by atoms with E-state index in [9.17, 15) is 35.9 Å². The molecule has 0 radical (unpaired) electrons. The first-order chi connectivity index (χ1) is 10.6. The summed E-state index contributed by atoms with van der Waals surface area (Å²) in [4.78, 5) is 40.4. The average molecular weight is 370 g/mol. The SMILES string of the molecule is NC(=O)CN1CCCC1=O.O=C(O)C(F)(F)F.O=C(O)C(F)(F)F. The second kappa shape index (κ2) is 9.57. The van der Waals surface area contributed by atoms with E-state index in [2.05, 4.69) is 0 Å². The number of nitrogens with two attached hydrogens (primary N) is 1. The van der Waals surface area contributed by atoms with Gasteiger partial charge in [0.15, 0.2) is 0 Å². The van der Waals surface area contributed by atoms with Gasteiger partial charge >= 0.3 is 24.3 Å². The van der Waals surface area contributed by atoms with Gasteiger partial charge in [-0.3, -0.25) is 9.59 Å². The molecule has 1 aliphatic heterocycles. The first kappa shape index (κ1) is 23.7. The molecule has 1 heterocycles. The fourth-order valence-corrected chi connectivity index (χ4v) is 1.06. The molecule has 0 spiro atoms. The van der Waals surface area contributed by atoms with Crippen LogP contribution in [0.25, 0.3) is 0 Å². The van der Waals surface area contributed by atoms with Crippen LogP contribution in [0.15, 0.2) is 0 Å². The Kier molecular flexibility index (Phi) is 9.46. The number of amides is 2. The highest BCUT2D eigenvalue weighted by molar-refractivity contribution is 5.84. The smallest absolute Gasteiger partial charge is 0.475 e. The van der Waals surface area contributed by atoms with Crippen LogP contribution in [0.4, 0.5) is 26.3 Å². The highest BCUT2D eigenvalue weighted by Gasteiger charge is 2.38. The Morgan fingerprint density at radius 1 is 1.00 bits per heavy atom. The summed E-state index contributed by atoms with van der Waals surface area (Å²) in [6.45, 7) is 0.764. The minimum absolute atomic E-state index is 0.0406. The molecule has 14 heteroatoms. The van der Waals surface area contributed by atoms with Crippen molar-refractivity contribution in [1.29, 1.82) is 0 Å². The summed E-state index contributed by atoms with van der Waals surface area (Å²) >= 11 is 0. The van der Waals surface area contributed by atoms with Crippen LogP contribution in [0.2, 0.25) is 0 Å². The summed E-state index contributed by atoms with van der Waals surface area (Å²) in [6, 6.07) is 0. The zero-order chi connectivity index (χ0) is 19.7. The molecule has 0 aliphatic carbocycles. The van der Waals surface area contributed by atoms with Crippen LogP contribution < -0.4 is 5.73 Å². The van der Waals surface area contributed by atoms with E-state index in [0.29, 0.717) is 13.0 Å². The lowest BCUT2D eigenvalue weighted by molar-refractivity contribution is -0.193. The van der Waals surface area contributed by atoms with Gasteiger partial charge in [0, 0.05) is 13.0 Å². The lowest BCUT2D eigenvalue weighted by Gasteiger charge is -2.11. The van der Waals surface area contributed by atoms with E-state index in [1.165, 1.54) is 4.90 Å². The maximum absolute atomic E-state index is 10.8. The average Bonchev–Trinajstić information content (AvgIpc) is 2.73. The van der Waals surface area contributed by atoms with Crippen LogP contribution >= 0.6 is 0 Å². The number of primary amides is 1. The van der Waals surface area contributed by atoms with Crippen molar-refractivity contribution in [3.63, 3.8) is 0 Å². The van der Waals surface area contributed by atoms with Crippen molar-refractivity contribution >= 4 is 23.8 Å². The van der Waals surface area contributed by atoms with Gasteiger partial charge in [-0.1, -0.05) is 0 Å². The molecular formula is C10H12F6N2O6. The van der Waals surface area contributed by atoms with Crippen LogP contribution in [0.1, 0.15) is 12.8 Å². The van der Waals surface area contributed by atoms with E-state index in [1.807, 2.05) is 0 Å².